The van der Waals surface area contributed by atoms with Gasteiger partial charge in [-0.3, -0.25) is 14.5 Å². The zero-order chi connectivity index (χ0) is 18.8. The van der Waals surface area contributed by atoms with Gasteiger partial charge in [0, 0.05) is 62.9 Å². The first-order chi connectivity index (χ1) is 13.2. The largest absolute Gasteiger partial charge is 0.352 e. The summed E-state index contributed by atoms with van der Waals surface area (Å²) >= 11 is 0. The minimum absolute atomic E-state index is 0. The fourth-order valence-corrected chi connectivity index (χ4v) is 3.87. The number of aromatic nitrogens is 3. The van der Waals surface area contributed by atoms with E-state index in [0.29, 0.717) is 18.5 Å². The van der Waals surface area contributed by atoms with Crippen molar-refractivity contribution in [2.24, 2.45) is 10.9 Å². The maximum absolute atomic E-state index is 4.55. The average molecular weight is 495 g/mol. The van der Waals surface area contributed by atoms with Gasteiger partial charge in [-0.05, 0) is 31.7 Å². The highest BCUT2D eigenvalue weighted by atomic mass is 127. The summed E-state index contributed by atoms with van der Waals surface area (Å²) in [7, 11) is 1.83. The van der Waals surface area contributed by atoms with E-state index in [1.807, 2.05) is 37.0 Å². The van der Waals surface area contributed by atoms with E-state index in [-0.39, 0.29) is 24.0 Å². The van der Waals surface area contributed by atoms with Gasteiger partial charge in [0.05, 0.1) is 0 Å². The quantitative estimate of drug-likeness (QED) is 0.379. The van der Waals surface area contributed by atoms with Gasteiger partial charge in [0.2, 0.25) is 0 Å². The Morgan fingerprint density at radius 1 is 1.25 bits per heavy atom. The van der Waals surface area contributed by atoms with Crippen molar-refractivity contribution in [2.45, 2.75) is 45.3 Å². The number of guanidine groups is 1. The lowest BCUT2D eigenvalue weighted by molar-refractivity contribution is 0.315. The molecule has 2 aromatic heterocycles. The van der Waals surface area contributed by atoms with Crippen LogP contribution in [0.4, 0.5) is 0 Å². The van der Waals surface area contributed by atoms with Crippen molar-refractivity contribution in [3.63, 3.8) is 0 Å². The standard InChI is InChI=1S/C20H29N7.HI/c1-14-12-26(17-6-7-17)13-18(14)25-20(21-3)24-11-16-5-4-8-23-19(16)27-10-9-22-15(27)2;/h4-5,8-10,14,17-18H,6-7,11-13H2,1-3H3,(H2,21,24,25);1H. The van der Waals surface area contributed by atoms with Crippen LogP contribution in [0.1, 0.15) is 31.2 Å². The number of hydrogen-bond donors (Lipinski definition) is 2. The Hall–Kier alpha value is -1.68. The van der Waals surface area contributed by atoms with Gasteiger partial charge in [-0.1, -0.05) is 13.0 Å². The SMILES string of the molecule is CN=C(NCc1cccnc1-n1ccnc1C)NC1CN(C2CC2)CC1C.I. The lowest BCUT2D eigenvalue weighted by Gasteiger charge is -2.21. The number of hydrogen-bond acceptors (Lipinski definition) is 4. The Balaban J connectivity index is 0.00000225. The van der Waals surface area contributed by atoms with E-state index in [4.69, 9.17) is 0 Å². The minimum atomic E-state index is 0. The van der Waals surface area contributed by atoms with Gasteiger partial charge in [0.15, 0.2) is 5.96 Å². The molecule has 2 aliphatic rings. The Kier molecular flexibility index (Phi) is 6.92. The summed E-state index contributed by atoms with van der Waals surface area (Å²) in [4.78, 5) is 15.9. The summed E-state index contributed by atoms with van der Waals surface area (Å²) in [6, 6.07) is 5.33. The first-order valence-corrected chi connectivity index (χ1v) is 9.81. The van der Waals surface area contributed by atoms with E-state index < -0.39 is 0 Å². The van der Waals surface area contributed by atoms with Gasteiger partial charge < -0.3 is 10.6 Å². The van der Waals surface area contributed by atoms with E-state index in [1.54, 1.807) is 6.20 Å². The third kappa shape index (κ3) is 4.65. The molecule has 2 atom stereocenters. The smallest absolute Gasteiger partial charge is 0.191 e. The van der Waals surface area contributed by atoms with Gasteiger partial charge in [0.1, 0.15) is 11.6 Å². The van der Waals surface area contributed by atoms with Crippen LogP contribution in [0.5, 0.6) is 0 Å². The second kappa shape index (κ2) is 9.21. The molecule has 0 amide bonds. The minimum Gasteiger partial charge on any atom is -0.352 e. The van der Waals surface area contributed by atoms with E-state index in [0.717, 1.165) is 35.8 Å². The van der Waals surface area contributed by atoms with Gasteiger partial charge in [-0.25, -0.2) is 9.97 Å². The van der Waals surface area contributed by atoms with Gasteiger partial charge in [-0.2, -0.15) is 0 Å². The number of pyridine rings is 1. The van der Waals surface area contributed by atoms with E-state index in [1.165, 1.54) is 19.4 Å². The van der Waals surface area contributed by atoms with Crippen LogP contribution >= 0.6 is 24.0 Å². The normalized spacial score (nSPS) is 22.8. The summed E-state index contributed by atoms with van der Waals surface area (Å²) in [6.07, 6.45) is 8.29. The number of aryl methyl sites for hydroxylation is 1. The molecule has 2 aromatic rings. The summed E-state index contributed by atoms with van der Waals surface area (Å²) in [6.45, 7) is 7.27. The predicted molar refractivity (Wildman–Crippen MR) is 122 cm³/mol. The molecule has 1 saturated carbocycles. The van der Waals surface area contributed by atoms with Crippen molar-refractivity contribution < 1.29 is 0 Å². The Labute approximate surface area is 184 Å². The summed E-state index contributed by atoms with van der Waals surface area (Å²) in [5.41, 5.74) is 1.11. The van der Waals surface area contributed by atoms with Crippen LogP contribution in [0.25, 0.3) is 5.82 Å². The lowest BCUT2D eigenvalue weighted by atomic mass is 10.1. The monoisotopic (exact) mass is 495 g/mol. The molecule has 7 nitrogen and oxygen atoms in total. The van der Waals surface area contributed by atoms with Crippen LogP contribution < -0.4 is 10.6 Å². The van der Waals surface area contributed by atoms with Crippen molar-refractivity contribution in [2.75, 3.05) is 20.1 Å². The summed E-state index contributed by atoms with van der Waals surface area (Å²) < 4.78 is 2.01. The number of imidazole rings is 1. The molecule has 1 saturated heterocycles. The molecule has 0 bridgehead atoms. The number of aliphatic imine (C=N–C) groups is 1. The molecule has 2 unspecified atom stereocenters. The fraction of sp³-hybridized carbons (Fsp3) is 0.550. The maximum atomic E-state index is 4.55. The molecule has 0 radical (unpaired) electrons. The highest BCUT2D eigenvalue weighted by molar-refractivity contribution is 14.0. The molecule has 2 N–H and O–H groups in total. The Bertz CT molecular complexity index is 814. The molecule has 3 heterocycles. The fourth-order valence-electron chi connectivity index (χ4n) is 3.87. The predicted octanol–water partition coefficient (Wildman–Crippen LogP) is 2.34. The molecule has 0 aromatic carbocycles. The molecule has 2 fully saturated rings. The van der Waals surface area contributed by atoms with Crippen molar-refractivity contribution in [3.8, 4) is 5.82 Å². The average Bonchev–Trinajstić information content (AvgIpc) is 3.35. The number of halogens is 1. The molecule has 8 heteroatoms. The van der Waals surface area contributed by atoms with E-state index in [2.05, 4.69) is 43.5 Å². The molecular weight excluding hydrogens is 465 g/mol. The highest BCUT2D eigenvalue weighted by Gasteiger charge is 2.38. The van der Waals surface area contributed by atoms with E-state index in [9.17, 15) is 0 Å². The van der Waals surface area contributed by atoms with Crippen LogP contribution in [-0.4, -0.2) is 57.6 Å². The number of rotatable bonds is 5. The molecule has 4 rings (SSSR count). The van der Waals surface area contributed by atoms with Gasteiger partial charge >= 0.3 is 0 Å². The number of nitrogens with one attached hydrogen (secondary N) is 2. The van der Waals surface area contributed by atoms with Crippen LogP contribution in [-0.2, 0) is 6.54 Å². The second-order valence-electron chi connectivity index (χ2n) is 7.67. The second-order valence-corrected chi connectivity index (χ2v) is 7.67. The molecule has 152 valence electrons. The molecule has 1 aliphatic carbocycles. The molecule has 0 spiro atoms. The number of likely N-dealkylation sites (tertiary alicyclic amines) is 1. The third-order valence-electron chi connectivity index (χ3n) is 5.62. The summed E-state index contributed by atoms with van der Waals surface area (Å²) in [5.74, 6) is 3.32. The van der Waals surface area contributed by atoms with Crippen LogP contribution in [0.2, 0.25) is 0 Å². The zero-order valence-corrected chi connectivity index (χ0v) is 19.1. The Morgan fingerprint density at radius 3 is 2.75 bits per heavy atom. The zero-order valence-electron chi connectivity index (χ0n) is 16.8. The summed E-state index contributed by atoms with van der Waals surface area (Å²) in [5, 5.41) is 7.08. The van der Waals surface area contributed by atoms with Crippen molar-refractivity contribution in [1.82, 2.24) is 30.1 Å². The van der Waals surface area contributed by atoms with Crippen molar-refractivity contribution in [1.29, 1.82) is 0 Å². The van der Waals surface area contributed by atoms with Gasteiger partial charge in [-0.15, -0.1) is 24.0 Å². The third-order valence-corrected chi connectivity index (χ3v) is 5.62. The van der Waals surface area contributed by atoms with Gasteiger partial charge in [0.25, 0.3) is 0 Å². The molecular formula is C20H30IN7. The number of nitrogens with zero attached hydrogens (tertiary/aromatic N) is 5. The van der Waals surface area contributed by atoms with Crippen LogP contribution in [0.15, 0.2) is 35.7 Å². The van der Waals surface area contributed by atoms with Crippen LogP contribution in [0.3, 0.4) is 0 Å². The highest BCUT2D eigenvalue weighted by Crippen LogP contribution is 2.31. The first kappa shape index (κ1) is 21.0. The van der Waals surface area contributed by atoms with Crippen molar-refractivity contribution >= 4 is 29.9 Å². The molecule has 28 heavy (non-hydrogen) atoms. The molecule has 1 aliphatic heterocycles. The Morgan fingerprint density at radius 2 is 2.07 bits per heavy atom. The topological polar surface area (TPSA) is 70.4 Å². The van der Waals surface area contributed by atoms with Crippen molar-refractivity contribution in [3.05, 3.63) is 42.1 Å². The lowest BCUT2D eigenvalue weighted by Crippen LogP contribution is -2.46. The van der Waals surface area contributed by atoms with Crippen LogP contribution in [0, 0.1) is 12.8 Å². The van der Waals surface area contributed by atoms with E-state index >= 15 is 0 Å². The first-order valence-electron chi connectivity index (χ1n) is 9.81. The maximum Gasteiger partial charge on any atom is 0.191 e.